The first-order chi connectivity index (χ1) is 11.6. The molecule has 0 saturated carbocycles. The maximum Gasteiger partial charge on any atom is 0.236 e. The maximum absolute atomic E-state index is 12.6. The lowest BCUT2D eigenvalue weighted by molar-refractivity contribution is -0.140. The zero-order valence-corrected chi connectivity index (χ0v) is 14.8. The van der Waals surface area contributed by atoms with Gasteiger partial charge in [0.25, 0.3) is 0 Å². The Balaban J connectivity index is 1.61. The van der Waals surface area contributed by atoms with E-state index in [2.05, 4.69) is 9.88 Å². The van der Waals surface area contributed by atoms with Crippen molar-refractivity contribution >= 4 is 11.7 Å². The number of aromatic nitrogens is 1. The predicted octanol–water partition coefficient (Wildman–Crippen LogP) is 1.53. The fourth-order valence-corrected chi connectivity index (χ4v) is 3.33. The van der Waals surface area contributed by atoms with Crippen LogP contribution in [-0.2, 0) is 9.53 Å². The number of nitrogens with zero attached hydrogens (tertiary/aromatic N) is 4. The minimum absolute atomic E-state index is 0.135. The summed E-state index contributed by atoms with van der Waals surface area (Å²) in [6.45, 7) is 4.48. The zero-order valence-electron chi connectivity index (χ0n) is 14.8. The van der Waals surface area contributed by atoms with Crippen molar-refractivity contribution in [3.63, 3.8) is 0 Å². The number of likely N-dealkylation sites (tertiary alicyclic amines) is 1. The second kappa shape index (κ2) is 7.94. The Morgan fingerprint density at radius 3 is 2.79 bits per heavy atom. The van der Waals surface area contributed by atoms with Crippen molar-refractivity contribution < 1.29 is 9.53 Å². The van der Waals surface area contributed by atoms with Gasteiger partial charge in [0.05, 0.1) is 25.4 Å². The van der Waals surface area contributed by atoms with Crippen molar-refractivity contribution in [3.05, 3.63) is 23.9 Å². The van der Waals surface area contributed by atoms with Gasteiger partial charge in [-0.3, -0.25) is 9.69 Å². The number of morpholine rings is 1. The van der Waals surface area contributed by atoms with Crippen LogP contribution in [0.15, 0.2) is 18.2 Å². The van der Waals surface area contributed by atoms with Crippen LogP contribution in [0.3, 0.4) is 0 Å². The Bertz CT molecular complexity index is 558. The highest BCUT2D eigenvalue weighted by molar-refractivity contribution is 5.78. The number of hydrogen-bond acceptors (Lipinski definition) is 5. The van der Waals surface area contributed by atoms with Crippen molar-refractivity contribution in [1.82, 2.24) is 14.8 Å². The molecule has 1 unspecified atom stereocenters. The van der Waals surface area contributed by atoms with E-state index in [1.54, 1.807) is 0 Å². The molecule has 2 aliphatic heterocycles. The molecule has 132 valence electrons. The van der Waals surface area contributed by atoms with Crippen LogP contribution in [0.25, 0.3) is 0 Å². The molecule has 6 nitrogen and oxygen atoms in total. The number of carbonyl (C=O) groups is 1. The molecule has 0 spiro atoms. The third-order valence-corrected chi connectivity index (χ3v) is 4.77. The molecule has 24 heavy (non-hydrogen) atoms. The van der Waals surface area contributed by atoms with E-state index in [9.17, 15) is 4.79 Å². The summed E-state index contributed by atoms with van der Waals surface area (Å²) in [6.07, 6.45) is 3.57. The van der Waals surface area contributed by atoms with Crippen molar-refractivity contribution in [2.24, 2.45) is 0 Å². The Labute approximate surface area is 144 Å². The Hall–Kier alpha value is -1.66. The highest BCUT2D eigenvalue weighted by Gasteiger charge is 2.27. The van der Waals surface area contributed by atoms with Crippen LogP contribution in [-0.4, -0.2) is 74.1 Å². The number of piperidine rings is 1. The largest absolute Gasteiger partial charge is 0.368 e. The number of ether oxygens (including phenoxy) is 1. The summed E-state index contributed by atoms with van der Waals surface area (Å²) >= 11 is 0. The molecule has 0 N–H and O–H groups in total. The molecule has 2 aliphatic rings. The number of rotatable bonds is 4. The first kappa shape index (κ1) is 17.2. The molecule has 1 aromatic rings. The summed E-state index contributed by atoms with van der Waals surface area (Å²) in [5, 5.41) is 0. The molecule has 0 aromatic carbocycles. The van der Waals surface area contributed by atoms with Crippen LogP contribution < -0.4 is 4.90 Å². The van der Waals surface area contributed by atoms with Crippen molar-refractivity contribution in [3.8, 4) is 0 Å². The van der Waals surface area contributed by atoms with Crippen LogP contribution >= 0.6 is 0 Å². The summed E-state index contributed by atoms with van der Waals surface area (Å²) in [6, 6.07) is 5.96. The van der Waals surface area contributed by atoms with E-state index in [0.29, 0.717) is 26.2 Å². The number of pyridine rings is 1. The average molecular weight is 332 g/mol. The predicted molar refractivity (Wildman–Crippen MR) is 94.1 cm³/mol. The second-order valence-corrected chi connectivity index (χ2v) is 6.85. The average Bonchev–Trinajstić information content (AvgIpc) is 2.63. The molecule has 6 heteroatoms. The van der Waals surface area contributed by atoms with E-state index in [-0.39, 0.29) is 12.0 Å². The van der Waals surface area contributed by atoms with E-state index in [0.717, 1.165) is 24.6 Å². The summed E-state index contributed by atoms with van der Waals surface area (Å²) in [4.78, 5) is 23.5. The Morgan fingerprint density at radius 1 is 1.25 bits per heavy atom. The van der Waals surface area contributed by atoms with Crippen LogP contribution in [0.5, 0.6) is 0 Å². The van der Waals surface area contributed by atoms with Gasteiger partial charge in [0.15, 0.2) is 0 Å². The van der Waals surface area contributed by atoms with E-state index in [1.807, 2.05) is 42.1 Å². The lowest BCUT2D eigenvalue weighted by atomic mass is 10.1. The monoisotopic (exact) mass is 332 g/mol. The van der Waals surface area contributed by atoms with E-state index >= 15 is 0 Å². The summed E-state index contributed by atoms with van der Waals surface area (Å²) in [5.41, 5.74) is 0.900. The van der Waals surface area contributed by atoms with Gasteiger partial charge in [-0.2, -0.15) is 0 Å². The molecule has 2 fully saturated rings. The van der Waals surface area contributed by atoms with Gasteiger partial charge in [-0.15, -0.1) is 0 Å². The third-order valence-electron chi connectivity index (χ3n) is 4.77. The van der Waals surface area contributed by atoms with Gasteiger partial charge < -0.3 is 14.5 Å². The van der Waals surface area contributed by atoms with Crippen LogP contribution in [0.1, 0.15) is 31.1 Å². The van der Waals surface area contributed by atoms with E-state index < -0.39 is 0 Å². The van der Waals surface area contributed by atoms with Crippen LogP contribution in [0.2, 0.25) is 0 Å². The topological polar surface area (TPSA) is 48.9 Å². The number of amides is 1. The van der Waals surface area contributed by atoms with Gasteiger partial charge in [0.2, 0.25) is 5.91 Å². The maximum atomic E-state index is 12.6. The molecule has 3 heterocycles. The number of hydrogen-bond donors (Lipinski definition) is 0. The molecule has 3 rings (SSSR count). The fraction of sp³-hybridized carbons (Fsp3) is 0.667. The fourth-order valence-electron chi connectivity index (χ4n) is 3.33. The standard InChI is InChI=1S/C18H28N4O2/c1-20(2)17-8-6-7-15(19-17)16-13-22(11-12-24-16)18(23)14-21-9-4-3-5-10-21/h6-8,16H,3-5,9-14H2,1-2H3. The van der Waals surface area contributed by atoms with Gasteiger partial charge in [-0.05, 0) is 38.1 Å². The highest BCUT2D eigenvalue weighted by atomic mass is 16.5. The van der Waals surface area contributed by atoms with E-state index in [4.69, 9.17) is 4.74 Å². The normalized spacial score (nSPS) is 22.4. The quantitative estimate of drug-likeness (QED) is 0.837. The summed E-state index contributed by atoms with van der Waals surface area (Å²) in [7, 11) is 3.95. The smallest absolute Gasteiger partial charge is 0.236 e. The molecule has 1 amide bonds. The Kier molecular flexibility index (Phi) is 5.68. The van der Waals surface area contributed by atoms with Crippen LogP contribution in [0, 0.1) is 0 Å². The molecule has 2 saturated heterocycles. The first-order valence-electron chi connectivity index (χ1n) is 8.89. The summed E-state index contributed by atoms with van der Waals surface area (Å²) < 4.78 is 5.88. The zero-order chi connectivity index (χ0) is 16.9. The third kappa shape index (κ3) is 4.24. The van der Waals surface area contributed by atoms with Gasteiger partial charge >= 0.3 is 0 Å². The number of anilines is 1. The minimum Gasteiger partial charge on any atom is -0.368 e. The van der Waals surface area contributed by atoms with Crippen molar-refractivity contribution in [2.45, 2.75) is 25.4 Å². The molecule has 0 bridgehead atoms. The van der Waals surface area contributed by atoms with Crippen molar-refractivity contribution in [2.75, 3.05) is 58.3 Å². The second-order valence-electron chi connectivity index (χ2n) is 6.85. The molecular weight excluding hydrogens is 304 g/mol. The first-order valence-corrected chi connectivity index (χ1v) is 8.89. The molecule has 0 radical (unpaired) electrons. The molecule has 1 aromatic heterocycles. The van der Waals surface area contributed by atoms with E-state index in [1.165, 1.54) is 19.3 Å². The highest BCUT2D eigenvalue weighted by Crippen LogP contribution is 2.23. The van der Waals surface area contributed by atoms with Gasteiger partial charge in [-0.25, -0.2) is 4.98 Å². The molecule has 0 aliphatic carbocycles. The molecule has 1 atom stereocenters. The van der Waals surface area contributed by atoms with Gasteiger partial charge in [-0.1, -0.05) is 12.5 Å². The van der Waals surface area contributed by atoms with Crippen molar-refractivity contribution in [1.29, 1.82) is 0 Å². The lowest BCUT2D eigenvalue weighted by Gasteiger charge is -2.35. The minimum atomic E-state index is -0.135. The Morgan fingerprint density at radius 2 is 2.04 bits per heavy atom. The summed E-state index contributed by atoms with van der Waals surface area (Å²) in [5.74, 6) is 1.13. The SMILES string of the molecule is CN(C)c1cccc(C2CN(C(=O)CN3CCCCC3)CCO2)n1. The number of carbonyl (C=O) groups excluding carboxylic acids is 1. The lowest BCUT2D eigenvalue weighted by Crippen LogP contribution is -2.47. The molecular formula is C18H28N4O2. The van der Waals surface area contributed by atoms with Gasteiger partial charge in [0, 0.05) is 20.6 Å². The van der Waals surface area contributed by atoms with Gasteiger partial charge in [0.1, 0.15) is 11.9 Å². The van der Waals surface area contributed by atoms with Crippen LogP contribution in [0.4, 0.5) is 5.82 Å².